The van der Waals surface area contributed by atoms with Gasteiger partial charge in [-0.25, -0.2) is 4.98 Å². The molecule has 2 N–H and O–H groups in total. The molecule has 0 aromatic carbocycles. The van der Waals surface area contributed by atoms with E-state index in [0.29, 0.717) is 11.7 Å². The molecule has 6 heteroatoms. The first-order chi connectivity index (χ1) is 8.70. The Labute approximate surface area is 109 Å². The van der Waals surface area contributed by atoms with Crippen LogP contribution in [0.2, 0.25) is 0 Å². The minimum Gasteiger partial charge on any atom is -0.338 e. The van der Waals surface area contributed by atoms with Crippen LogP contribution in [0.5, 0.6) is 0 Å². The van der Waals surface area contributed by atoms with Crippen molar-refractivity contribution in [2.45, 2.75) is 44.1 Å². The molecule has 5 nitrogen and oxygen atoms in total. The lowest BCUT2D eigenvalue weighted by Crippen LogP contribution is -2.45. The second-order valence-electron chi connectivity index (χ2n) is 5.07. The molecule has 96 valence electrons. The van der Waals surface area contributed by atoms with Crippen molar-refractivity contribution in [1.82, 2.24) is 15.1 Å². The first-order valence-corrected chi connectivity index (χ1v) is 7.13. The van der Waals surface area contributed by atoms with Gasteiger partial charge in [-0.3, -0.25) is 0 Å². The molecular weight excluding hydrogens is 248 g/mol. The Kier molecular flexibility index (Phi) is 2.91. The van der Waals surface area contributed by atoms with Crippen molar-refractivity contribution in [3.8, 4) is 11.5 Å². The van der Waals surface area contributed by atoms with Gasteiger partial charge in [-0.15, -0.1) is 11.3 Å². The summed E-state index contributed by atoms with van der Waals surface area (Å²) in [5, 5.41) is 5.93. The van der Waals surface area contributed by atoms with Crippen LogP contribution in [-0.2, 0) is 5.41 Å². The Morgan fingerprint density at radius 3 is 3.11 bits per heavy atom. The van der Waals surface area contributed by atoms with Gasteiger partial charge in [0.2, 0.25) is 11.7 Å². The minimum atomic E-state index is -0.195. The monoisotopic (exact) mass is 264 g/mol. The maximum atomic E-state index is 6.23. The molecule has 1 aliphatic carbocycles. The number of thiazole rings is 1. The second-order valence-corrected chi connectivity index (χ2v) is 5.79. The molecule has 18 heavy (non-hydrogen) atoms. The van der Waals surface area contributed by atoms with E-state index >= 15 is 0 Å². The number of hydrogen-bond acceptors (Lipinski definition) is 6. The van der Waals surface area contributed by atoms with Gasteiger partial charge in [-0.05, 0) is 19.8 Å². The summed E-state index contributed by atoms with van der Waals surface area (Å²) in [6, 6.07) is 0.0926. The molecule has 3 rings (SSSR count). The molecule has 1 fully saturated rings. The molecule has 2 aromatic rings. The molecule has 1 saturated carbocycles. The summed E-state index contributed by atoms with van der Waals surface area (Å²) in [5.74, 6) is 1.21. The summed E-state index contributed by atoms with van der Waals surface area (Å²) < 4.78 is 5.42. The zero-order valence-corrected chi connectivity index (χ0v) is 11.1. The summed E-state index contributed by atoms with van der Waals surface area (Å²) in [6.45, 7) is 2.12. The molecule has 2 atom stereocenters. The lowest BCUT2D eigenvalue weighted by Gasteiger charge is -2.35. The first kappa shape index (κ1) is 11.8. The molecule has 1 aliphatic rings. The molecule has 0 spiro atoms. The van der Waals surface area contributed by atoms with E-state index in [1.54, 1.807) is 5.51 Å². The van der Waals surface area contributed by atoms with Crippen molar-refractivity contribution >= 4 is 11.3 Å². The van der Waals surface area contributed by atoms with Gasteiger partial charge in [-0.2, -0.15) is 4.98 Å². The van der Waals surface area contributed by atoms with Crippen molar-refractivity contribution in [2.24, 2.45) is 5.73 Å². The highest BCUT2D eigenvalue weighted by molar-refractivity contribution is 7.07. The van der Waals surface area contributed by atoms with Crippen LogP contribution in [0.1, 0.15) is 38.5 Å². The Bertz CT molecular complexity index is 524. The standard InChI is InChI=1S/C12H16N4OS/c1-12(5-3-2-4-9(12)13)11-15-10(16-17-11)8-6-18-7-14-8/h6-7,9H,2-5,13H2,1H3. The van der Waals surface area contributed by atoms with Gasteiger partial charge < -0.3 is 10.3 Å². The highest BCUT2D eigenvalue weighted by Gasteiger charge is 2.40. The van der Waals surface area contributed by atoms with Crippen LogP contribution in [0.25, 0.3) is 11.5 Å². The molecule has 2 heterocycles. The molecule has 0 amide bonds. The normalized spacial score (nSPS) is 28.4. The number of nitrogens with zero attached hydrogens (tertiary/aromatic N) is 3. The van der Waals surface area contributed by atoms with Gasteiger partial charge in [0.05, 0.1) is 10.9 Å². The minimum absolute atomic E-state index is 0.0926. The largest absolute Gasteiger partial charge is 0.338 e. The fourth-order valence-electron chi connectivity index (χ4n) is 2.51. The Morgan fingerprint density at radius 1 is 1.50 bits per heavy atom. The first-order valence-electron chi connectivity index (χ1n) is 6.18. The van der Waals surface area contributed by atoms with Crippen molar-refractivity contribution in [1.29, 1.82) is 0 Å². The predicted molar refractivity (Wildman–Crippen MR) is 69.2 cm³/mol. The molecule has 2 aromatic heterocycles. The number of nitrogens with two attached hydrogens (primary N) is 1. The number of hydrogen-bond donors (Lipinski definition) is 1. The lowest BCUT2D eigenvalue weighted by atomic mass is 9.72. The average Bonchev–Trinajstić information content (AvgIpc) is 3.01. The summed E-state index contributed by atoms with van der Waals surface area (Å²) >= 11 is 1.52. The van der Waals surface area contributed by atoms with Gasteiger partial charge in [0.25, 0.3) is 0 Å². The van der Waals surface area contributed by atoms with Crippen LogP contribution in [-0.4, -0.2) is 21.2 Å². The molecule has 0 aliphatic heterocycles. The van der Waals surface area contributed by atoms with Crippen LogP contribution < -0.4 is 5.73 Å². The molecular formula is C12H16N4OS. The van der Waals surface area contributed by atoms with E-state index in [1.165, 1.54) is 24.2 Å². The lowest BCUT2D eigenvalue weighted by molar-refractivity contribution is 0.203. The summed E-state index contributed by atoms with van der Waals surface area (Å²) in [7, 11) is 0. The van der Waals surface area contributed by atoms with Gasteiger partial charge >= 0.3 is 0 Å². The molecule has 2 unspecified atom stereocenters. The number of rotatable bonds is 2. The fraction of sp³-hybridized carbons (Fsp3) is 0.583. The molecule has 0 saturated heterocycles. The smallest absolute Gasteiger partial charge is 0.234 e. The topological polar surface area (TPSA) is 77.8 Å². The van der Waals surface area contributed by atoms with Gasteiger partial charge in [0, 0.05) is 11.4 Å². The SMILES string of the molecule is CC1(c2nc(-c3cscn3)no2)CCCCC1N. The summed E-state index contributed by atoms with van der Waals surface area (Å²) in [4.78, 5) is 8.67. The van der Waals surface area contributed by atoms with Gasteiger partial charge in [0.15, 0.2) is 0 Å². The highest BCUT2D eigenvalue weighted by atomic mass is 32.1. The van der Waals surface area contributed by atoms with Crippen LogP contribution in [0.3, 0.4) is 0 Å². The predicted octanol–water partition coefficient (Wildman–Crippen LogP) is 2.35. The van der Waals surface area contributed by atoms with Crippen LogP contribution in [0.4, 0.5) is 0 Å². The summed E-state index contributed by atoms with van der Waals surface area (Å²) in [5.41, 5.74) is 8.57. The van der Waals surface area contributed by atoms with Gasteiger partial charge in [0.1, 0.15) is 5.69 Å². The zero-order chi connectivity index (χ0) is 12.6. The van der Waals surface area contributed by atoms with Gasteiger partial charge in [-0.1, -0.05) is 18.0 Å². The Morgan fingerprint density at radius 2 is 2.39 bits per heavy atom. The Hall–Kier alpha value is -1.27. The fourth-order valence-corrected chi connectivity index (χ4v) is 3.04. The van der Waals surface area contributed by atoms with E-state index in [0.717, 1.165) is 18.5 Å². The Balaban J connectivity index is 1.93. The van der Waals surface area contributed by atoms with Crippen molar-refractivity contribution in [3.63, 3.8) is 0 Å². The molecule has 0 radical (unpaired) electrons. The zero-order valence-electron chi connectivity index (χ0n) is 10.3. The quantitative estimate of drug-likeness (QED) is 0.900. The molecule has 0 bridgehead atoms. The maximum absolute atomic E-state index is 6.23. The summed E-state index contributed by atoms with van der Waals surface area (Å²) in [6.07, 6.45) is 4.38. The highest BCUT2D eigenvalue weighted by Crippen LogP contribution is 2.37. The van der Waals surface area contributed by atoms with Crippen molar-refractivity contribution in [2.75, 3.05) is 0 Å². The second kappa shape index (κ2) is 4.44. The van der Waals surface area contributed by atoms with Crippen molar-refractivity contribution in [3.05, 3.63) is 16.8 Å². The third-order valence-corrected chi connectivity index (χ3v) is 4.44. The maximum Gasteiger partial charge on any atom is 0.234 e. The van der Waals surface area contributed by atoms with E-state index in [4.69, 9.17) is 10.3 Å². The van der Waals surface area contributed by atoms with Crippen LogP contribution >= 0.6 is 11.3 Å². The number of aromatic nitrogens is 3. The third-order valence-electron chi connectivity index (χ3n) is 3.86. The van der Waals surface area contributed by atoms with E-state index in [9.17, 15) is 0 Å². The van der Waals surface area contributed by atoms with E-state index in [2.05, 4.69) is 22.0 Å². The third kappa shape index (κ3) is 1.85. The van der Waals surface area contributed by atoms with Crippen molar-refractivity contribution < 1.29 is 4.52 Å². The average molecular weight is 264 g/mol. The van der Waals surface area contributed by atoms with E-state index < -0.39 is 0 Å². The van der Waals surface area contributed by atoms with E-state index in [1.807, 2.05) is 5.38 Å². The van der Waals surface area contributed by atoms with Crippen LogP contribution in [0, 0.1) is 0 Å². The van der Waals surface area contributed by atoms with Crippen LogP contribution in [0.15, 0.2) is 15.4 Å². The van der Waals surface area contributed by atoms with E-state index in [-0.39, 0.29) is 11.5 Å².